The highest BCUT2D eigenvalue weighted by Gasteiger charge is 2.17. The molecule has 1 aliphatic heterocycles. The first-order valence-electron chi connectivity index (χ1n) is 5.60. The Morgan fingerprint density at radius 1 is 1.65 bits per heavy atom. The molecule has 1 unspecified atom stereocenters. The number of rotatable bonds is 3. The van der Waals surface area contributed by atoms with Gasteiger partial charge in [-0.1, -0.05) is 0 Å². The summed E-state index contributed by atoms with van der Waals surface area (Å²) in [5.41, 5.74) is 7.39. The molecule has 0 radical (unpaired) electrons. The molecule has 1 fully saturated rings. The number of anilines is 2. The minimum atomic E-state index is 0.202. The quantitative estimate of drug-likeness (QED) is 0.877. The largest absolute Gasteiger partial charge is 0.396 e. The lowest BCUT2D eigenvalue weighted by Crippen LogP contribution is -2.43. The van der Waals surface area contributed by atoms with Crippen LogP contribution in [0.4, 0.5) is 11.4 Å². The predicted octanol–water partition coefficient (Wildman–Crippen LogP) is 1.17. The van der Waals surface area contributed by atoms with Crippen molar-refractivity contribution in [3.05, 3.63) is 16.9 Å². The number of hydrogen-bond acceptors (Lipinski definition) is 5. The summed E-state index contributed by atoms with van der Waals surface area (Å²) < 4.78 is 6.55. The molecule has 17 heavy (non-hydrogen) atoms. The van der Waals surface area contributed by atoms with Gasteiger partial charge in [0, 0.05) is 25.8 Å². The fourth-order valence-corrected chi connectivity index (χ4v) is 2.33. The van der Waals surface area contributed by atoms with E-state index in [-0.39, 0.29) is 6.10 Å². The first-order chi connectivity index (χ1) is 8.16. The number of aromatic nitrogens is 1. The van der Waals surface area contributed by atoms with Gasteiger partial charge in [0.2, 0.25) is 0 Å². The third-order valence-electron chi connectivity index (χ3n) is 2.78. The normalized spacial score (nSPS) is 21.4. The van der Waals surface area contributed by atoms with E-state index in [2.05, 4.69) is 38.2 Å². The minimum absolute atomic E-state index is 0.202. The second kappa shape index (κ2) is 5.66. The Morgan fingerprint density at radius 2 is 2.47 bits per heavy atom. The second-order valence-corrected chi connectivity index (χ2v) is 5.08. The Labute approximate surface area is 109 Å². The number of nitrogens with zero attached hydrogens (tertiary/aromatic N) is 2. The summed E-state index contributed by atoms with van der Waals surface area (Å²) in [5.74, 6) is 0. The van der Waals surface area contributed by atoms with Crippen LogP contribution in [0.2, 0.25) is 0 Å². The zero-order chi connectivity index (χ0) is 12.3. The maximum absolute atomic E-state index is 5.86. The molecule has 1 atom stereocenters. The van der Waals surface area contributed by atoms with E-state index in [1.54, 1.807) is 12.4 Å². The first-order valence-corrected chi connectivity index (χ1v) is 6.39. The monoisotopic (exact) mass is 300 g/mol. The molecule has 5 nitrogen and oxygen atoms in total. The SMILES string of the molecule is CN1CCOC(CNc2c(N)cncc2Br)C1. The third-order valence-corrected chi connectivity index (χ3v) is 3.38. The lowest BCUT2D eigenvalue weighted by Gasteiger charge is -2.30. The average Bonchev–Trinajstić information content (AvgIpc) is 2.28. The summed E-state index contributed by atoms with van der Waals surface area (Å²) in [6, 6.07) is 0. The third kappa shape index (κ3) is 3.31. The van der Waals surface area contributed by atoms with E-state index in [1.807, 2.05) is 0 Å². The number of hydrogen-bond donors (Lipinski definition) is 2. The van der Waals surface area contributed by atoms with E-state index >= 15 is 0 Å². The van der Waals surface area contributed by atoms with Crippen LogP contribution in [0.15, 0.2) is 16.9 Å². The van der Waals surface area contributed by atoms with Crippen molar-refractivity contribution in [2.45, 2.75) is 6.10 Å². The van der Waals surface area contributed by atoms with Gasteiger partial charge in [0.15, 0.2) is 0 Å². The second-order valence-electron chi connectivity index (χ2n) is 4.22. The van der Waals surface area contributed by atoms with Crippen molar-refractivity contribution in [2.24, 2.45) is 0 Å². The van der Waals surface area contributed by atoms with Gasteiger partial charge in [-0.15, -0.1) is 0 Å². The van der Waals surface area contributed by atoms with Crippen molar-refractivity contribution in [3.8, 4) is 0 Å². The van der Waals surface area contributed by atoms with E-state index in [4.69, 9.17) is 10.5 Å². The van der Waals surface area contributed by atoms with Gasteiger partial charge in [-0.25, -0.2) is 0 Å². The summed E-state index contributed by atoms with van der Waals surface area (Å²) in [6.07, 6.45) is 3.57. The van der Waals surface area contributed by atoms with Crippen LogP contribution in [-0.2, 0) is 4.74 Å². The van der Waals surface area contributed by atoms with E-state index in [0.717, 1.165) is 36.4 Å². The van der Waals surface area contributed by atoms with Crippen molar-refractivity contribution in [3.63, 3.8) is 0 Å². The van der Waals surface area contributed by atoms with E-state index in [0.29, 0.717) is 5.69 Å². The molecule has 0 aliphatic carbocycles. The molecule has 0 spiro atoms. The van der Waals surface area contributed by atoms with Gasteiger partial charge < -0.3 is 20.7 Å². The van der Waals surface area contributed by atoms with Gasteiger partial charge in [0.25, 0.3) is 0 Å². The van der Waals surface area contributed by atoms with Gasteiger partial charge >= 0.3 is 0 Å². The Bertz CT molecular complexity index is 367. The van der Waals surface area contributed by atoms with Crippen LogP contribution in [0.3, 0.4) is 0 Å². The van der Waals surface area contributed by atoms with Gasteiger partial charge in [-0.2, -0.15) is 0 Å². The number of pyridine rings is 1. The Balaban J connectivity index is 1.93. The molecular weight excluding hydrogens is 284 g/mol. The number of nitrogens with one attached hydrogen (secondary N) is 1. The molecule has 1 saturated heterocycles. The summed E-state index contributed by atoms with van der Waals surface area (Å²) >= 11 is 3.43. The molecule has 2 rings (SSSR count). The molecule has 0 aromatic carbocycles. The molecule has 2 heterocycles. The highest BCUT2D eigenvalue weighted by Crippen LogP contribution is 2.26. The van der Waals surface area contributed by atoms with Crippen LogP contribution >= 0.6 is 15.9 Å². The van der Waals surface area contributed by atoms with Crippen LogP contribution < -0.4 is 11.1 Å². The Morgan fingerprint density at radius 3 is 3.18 bits per heavy atom. The summed E-state index contributed by atoms with van der Waals surface area (Å²) in [7, 11) is 2.10. The smallest absolute Gasteiger partial charge is 0.0874 e. The van der Waals surface area contributed by atoms with Crippen molar-refractivity contribution in [2.75, 3.05) is 44.3 Å². The van der Waals surface area contributed by atoms with Crippen LogP contribution in [0, 0.1) is 0 Å². The molecule has 1 aliphatic rings. The molecule has 1 aromatic heterocycles. The standard InChI is InChI=1S/C11H17BrN4O/c1-16-2-3-17-8(7-16)4-15-11-9(12)5-14-6-10(11)13/h5-6,8H,2-4,7,13H2,1H3,(H,14,15). The number of likely N-dealkylation sites (N-methyl/N-ethyl adjacent to an activating group) is 1. The molecular formula is C11H17BrN4O. The van der Waals surface area contributed by atoms with Crippen molar-refractivity contribution in [1.29, 1.82) is 0 Å². The maximum Gasteiger partial charge on any atom is 0.0874 e. The predicted molar refractivity (Wildman–Crippen MR) is 72.1 cm³/mol. The maximum atomic E-state index is 5.86. The van der Waals surface area contributed by atoms with Crippen molar-refractivity contribution < 1.29 is 4.74 Å². The number of nitrogens with two attached hydrogens (primary N) is 1. The van der Waals surface area contributed by atoms with Crippen LogP contribution in [-0.4, -0.2) is 49.3 Å². The highest BCUT2D eigenvalue weighted by atomic mass is 79.9. The zero-order valence-electron chi connectivity index (χ0n) is 9.82. The molecule has 3 N–H and O–H groups in total. The average molecular weight is 301 g/mol. The van der Waals surface area contributed by atoms with Crippen LogP contribution in [0.25, 0.3) is 0 Å². The van der Waals surface area contributed by atoms with E-state index in [1.165, 1.54) is 0 Å². The number of ether oxygens (including phenoxy) is 1. The summed E-state index contributed by atoms with van der Waals surface area (Å²) in [5, 5.41) is 3.31. The Hall–Kier alpha value is -0.850. The zero-order valence-corrected chi connectivity index (χ0v) is 11.4. The summed E-state index contributed by atoms with van der Waals surface area (Å²) in [6.45, 7) is 3.47. The molecule has 1 aromatic rings. The topological polar surface area (TPSA) is 63.4 Å². The van der Waals surface area contributed by atoms with Gasteiger partial charge in [-0.05, 0) is 23.0 Å². The number of nitrogen functional groups attached to an aromatic ring is 1. The van der Waals surface area contributed by atoms with Crippen molar-refractivity contribution in [1.82, 2.24) is 9.88 Å². The molecule has 6 heteroatoms. The fourth-order valence-electron chi connectivity index (χ4n) is 1.84. The van der Waals surface area contributed by atoms with Crippen LogP contribution in [0.5, 0.6) is 0 Å². The highest BCUT2D eigenvalue weighted by molar-refractivity contribution is 9.10. The van der Waals surface area contributed by atoms with E-state index < -0.39 is 0 Å². The van der Waals surface area contributed by atoms with E-state index in [9.17, 15) is 0 Å². The van der Waals surface area contributed by atoms with Gasteiger partial charge in [0.05, 0.1) is 34.8 Å². The van der Waals surface area contributed by atoms with Crippen LogP contribution in [0.1, 0.15) is 0 Å². The van der Waals surface area contributed by atoms with Crippen molar-refractivity contribution >= 4 is 27.3 Å². The lowest BCUT2D eigenvalue weighted by atomic mass is 10.2. The molecule has 0 amide bonds. The fraction of sp³-hybridized carbons (Fsp3) is 0.545. The first kappa shape index (κ1) is 12.6. The molecule has 0 bridgehead atoms. The number of morpholine rings is 1. The Kier molecular flexibility index (Phi) is 4.20. The van der Waals surface area contributed by atoms with Gasteiger partial charge in [-0.3, -0.25) is 4.98 Å². The summed E-state index contributed by atoms with van der Waals surface area (Å²) in [4.78, 5) is 6.26. The number of halogens is 1. The molecule has 0 saturated carbocycles. The van der Waals surface area contributed by atoms with Gasteiger partial charge in [0.1, 0.15) is 0 Å². The molecule has 94 valence electrons. The lowest BCUT2D eigenvalue weighted by molar-refractivity contribution is -0.0117. The minimum Gasteiger partial charge on any atom is -0.396 e.